The number of rotatable bonds is 4. The Morgan fingerprint density at radius 2 is 2.00 bits per heavy atom. The summed E-state index contributed by atoms with van der Waals surface area (Å²) in [5.74, 6) is -1.11. The summed E-state index contributed by atoms with van der Waals surface area (Å²) in [6, 6.07) is 7.87. The molecule has 128 valence electrons. The van der Waals surface area contributed by atoms with Crippen molar-refractivity contribution < 1.29 is 18.0 Å². The number of amides is 2. The Morgan fingerprint density at radius 3 is 2.58 bits per heavy atom. The smallest absolute Gasteiger partial charge is 0.239 e. The van der Waals surface area contributed by atoms with Crippen LogP contribution in [-0.2, 0) is 19.4 Å². The summed E-state index contributed by atoms with van der Waals surface area (Å²) in [6.45, 7) is 2.94. The molecule has 1 atom stereocenters. The van der Waals surface area contributed by atoms with E-state index < -0.39 is 33.1 Å². The summed E-state index contributed by atoms with van der Waals surface area (Å²) in [5.41, 5.74) is -0.566. The van der Waals surface area contributed by atoms with Crippen LogP contribution < -0.4 is 10.6 Å². The number of benzene rings is 1. The van der Waals surface area contributed by atoms with Crippen molar-refractivity contribution in [3.05, 3.63) is 29.8 Å². The lowest BCUT2D eigenvalue weighted by atomic mass is 9.90. The number of hydrogen-bond acceptors (Lipinski definition) is 5. The van der Waals surface area contributed by atoms with E-state index in [4.69, 9.17) is 5.26 Å². The first-order chi connectivity index (χ1) is 11.1. The maximum absolute atomic E-state index is 12.4. The normalized spacial score (nSPS) is 19.3. The van der Waals surface area contributed by atoms with Crippen LogP contribution in [0.5, 0.6) is 0 Å². The molecule has 0 aromatic heterocycles. The Morgan fingerprint density at radius 1 is 1.29 bits per heavy atom. The van der Waals surface area contributed by atoms with Gasteiger partial charge in [-0.2, -0.15) is 5.26 Å². The Hall–Kier alpha value is -2.40. The molecule has 0 bridgehead atoms. The van der Waals surface area contributed by atoms with Gasteiger partial charge in [0.25, 0.3) is 0 Å². The SMILES string of the molecule is CC(C)(C(=O)Nc1cccc(C#N)c1)C(=O)NC1CCS(=O)(=O)C1. The molecule has 2 amide bonds. The molecule has 0 saturated carbocycles. The average molecular weight is 349 g/mol. The van der Waals surface area contributed by atoms with E-state index in [1.54, 1.807) is 18.2 Å². The van der Waals surface area contributed by atoms with E-state index in [1.165, 1.54) is 19.9 Å². The topological polar surface area (TPSA) is 116 Å². The van der Waals surface area contributed by atoms with Crippen LogP contribution >= 0.6 is 0 Å². The number of nitriles is 1. The van der Waals surface area contributed by atoms with Crippen molar-refractivity contribution >= 4 is 27.3 Å². The van der Waals surface area contributed by atoms with Crippen molar-refractivity contribution in [2.24, 2.45) is 5.41 Å². The summed E-state index contributed by atoms with van der Waals surface area (Å²) in [6.07, 6.45) is 0.357. The number of carbonyl (C=O) groups excluding carboxylic acids is 2. The summed E-state index contributed by atoms with van der Waals surface area (Å²) < 4.78 is 22.9. The molecule has 1 aromatic carbocycles. The van der Waals surface area contributed by atoms with Gasteiger partial charge >= 0.3 is 0 Å². The van der Waals surface area contributed by atoms with Crippen molar-refractivity contribution in [1.82, 2.24) is 5.32 Å². The van der Waals surface area contributed by atoms with Crippen LogP contribution in [0.4, 0.5) is 5.69 Å². The van der Waals surface area contributed by atoms with Gasteiger partial charge in [0.05, 0.1) is 23.1 Å². The van der Waals surface area contributed by atoms with E-state index in [0.717, 1.165) is 0 Å². The van der Waals surface area contributed by atoms with Crippen molar-refractivity contribution in [2.45, 2.75) is 26.3 Å². The van der Waals surface area contributed by atoms with E-state index in [9.17, 15) is 18.0 Å². The first-order valence-electron chi connectivity index (χ1n) is 7.47. The fourth-order valence-electron chi connectivity index (χ4n) is 2.33. The van der Waals surface area contributed by atoms with Gasteiger partial charge in [0.2, 0.25) is 11.8 Å². The second-order valence-corrected chi connectivity index (χ2v) is 8.57. The predicted molar refractivity (Wildman–Crippen MR) is 88.8 cm³/mol. The van der Waals surface area contributed by atoms with Crippen LogP contribution in [0.15, 0.2) is 24.3 Å². The third-order valence-corrected chi connectivity index (χ3v) is 5.72. The molecule has 2 N–H and O–H groups in total. The van der Waals surface area contributed by atoms with E-state index in [2.05, 4.69) is 10.6 Å². The third kappa shape index (κ3) is 4.11. The largest absolute Gasteiger partial charge is 0.351 e. The lowest BCUT2D eigenvalue weighted by Crippen LogP contribution is -2.48. The maximum Gasteiger partial charge on any atom is 0.239 e. The molecule has 1 aliphatic rings. The summed E-state index contributed by atoms with van der Waals surface area (Å²) >= 11 is 0. The van der Waals surface area contributed by atoms with Gasteiger partial charge in [-0.15, -0.1) is 0 Å². The number of nitrogens with one attached hydrogen (secondary N) is 2. The van der Waals surface area contributed by atoms with Gasteiger partial charge in [-0.1, -0.05) is 6.07 Å². The average Bonchev–Trinajstić information content (AvgIpc) is 2.86. The molecular formula is C16H19N3O4S. The molecule has 24 heavy (non-hydrogen) atoms. The van der Waals surface area contributed by atoms with Gasteiger partial charge in [0.1, 0.15) is 5.41 Å². The first kappa shape index (κ1) is 17.9. The third-order valence-electron chi connectivity index (χ3n) is 3.95. The fourth-order valence-corrected chi connectivity index (χ4v) is 4.00. The van der Waals surface area contributed by atoms with Crippen LogP contribution in [0.25, 0.3) is 0 Å². The van der Waals surface area contributed by atoms with Gasteiger partial charge in [-0.05, 0) is 38.5 Å². The summed E-state index contributed by atoms with van der Waals surface area (Å²) in [5, 5.41) is 14.1. The quantitative estimate of drug-likeness (QED) is 0.781. The molecule has 1 fully saturated rings. The standard InChI is InChI=1S/C16H19N3O4S/c1-16(2,15(21)19-13-6-7-24(22,23)10-13)14(20)18-12-5-3-4-11(8-12)9-17/h3-5,8,13H,6-7,10H2,1-2H3,(H,18,20)(H,19,21). The lowest BCUT2D eigenvalue weighted by Gasteiger charge is -2.24. The van der Waals surface area contributed by atoms with Crippen LogP contribution in [0.3, 0.4) is 0 Å². The van der Waals surface area contributed by atoms with Crippen LogP contribution in [0, 0.1) is 16.7 Å². The molecule has 8 heteroatoms. The second kappa shape index (κ2) is 6.61. The number of carbonyl (C=O) groups is 2. The number of hydrogen-bond donors (Lipinski definition) is 2. The van der Waals surface area contributed by atoms with E-state index in [-0.39, 0.29) is 11.5 Å². The van der Waals surface area contributed by atoms with Crippen LogP contribution in [0.2, 0.25) is 0 Å². The Bertz CT molecular complexity index is 809. The number of nitrogens with zero attached hydrogens (tertiary/aromatic N) is 1. The monoisotopic (exact) mass is 349 g/mol. The van der Waals surface area contributed by atoms with Crippen LogP contribution in [0.1, 0.15) is 25.8 Å². The molecule has 0 radical (unpaired) electrons. The highest BCUT2D eigenvalue weighted by Crippen LogP contribution is 2.21. The highest BCUT2D eigenvalue weighted by atomic mass is 32.2. The predicted octanol–water partition coefficient (Wildman–Crippen LogP) is 0.826. The minimum absolute atomic E-state index is 0.0471. The second-order valence-electron chi connectivity index (χ2n) is 6.35. The highest BCUT2D eigenvalue weighted by Gasteiger charge is 2.39. The first-order valence-corrected chi connectivity index (χ1v) is 9.29. The van der Waals surface area contributed by atoms with Gasteiger partial charge in [0.15, 0.2) is 9.84 Å². The van der Waals surface area contributed by atoms with E-state index in [1.807, 2.05) is 6.07 Å². The molecule has 1 heterocycles. The van der Waals surface area contributed by atoms with Gasteiger partial charge < -0.3 is 10.6 Å². The zero-order valence-electron chi connectivity index (χ0n) is 13.5. The summed E-state index contributed by atoms with van der Waals surface area (Å²) in [4.78, 5) is 24.8. The van der Waals surface area contributed by atoms with Crippen LogP contribution in [-0.4, -0.2) is 37.8 Å². The summed E-state index contributed by atoms with van der Waals surface area (Å²) in [7, 11) is -3.11. The molecule has 2 rings (SSSR count). The molecule has 7 nitrogen and oxygen atoms in total. The van der Waals surface area contributed by atoms with Gasteiger partial charge in [0, 0.05) is 11.7 Å². The molecule has 1 aromatic rings. The maximum atomic E-state index is 12.4. The Balaban J connectivity index is 2.04. The molecule has 1 aliphatic heterocycles. The number of anilines is 1. The zero-order chi connectivity index (χ0) is 18.0. The van der Waals surface area contributed by atoms with Crippen molar-refractivity contribution in [3.8, 4) is 6.07 Å². The molecular weight excluding hydrogens is 330 g/mol. The molecule has 1 unspecified atom stereocenters. The fraction of sp³-hybridized carbons (Fsp3) is 0.438. The van der Waals surface area contributed by atoms with Gasteiger partial charge in [-0.25, -0.2) is 8.42 Å². The molecule has 0 spiro atoms. The Labute approximate surface area is 141 Å². The van der Waals surface area contributed by atoms with Crippen molar-refractivity contribution in [1.29, 1.82) is 5.26 Å². The van der Waals surface area contributed by atoms with Crippen molar-refractivity contribution in [2.75, 3.05) is 16.8 Å². The zero-order valence-corrected chi connectivity index (χ0v) is 14.3. The highest BCUT2D eigenvalue weighted by molar-refractivity contribution is 7.91. The van der Waals surface area contributed by atoms with E-state index in [0.29, 0.717) is 17.7 Å². The minimum Gasteiger partial charge on any atom is -0.351 e. The molecule has 1 saturated heterocycles. The lowest BCUT2D eigenvalue weighted by molar-refractivity contribution is -0.138. The van der Waals surface area contributed by atoms with E-state index >= 15 is 0 Å². The molecule has 0 aliphatic carbocycles. The Kier molecular flexibility index (Phi) is 4.94. The minimum atomic E-state index is -3.11. The van der Waals surface area contributed by atoms with Crippen molar-refractivity contribution in [3.63, 3.8) is 0 Å². The number of sulfone groups is 1. The van der Waals surface area contributed by atoms with Gasteiger partial charge in [-0.3, -0.25) is 9.59 Å².